The Morgan fingerprint density at radius 3 is 2.75 bits per heavy atom. The Hall–Kier alpha value is -3.66. The second-order valence-corrected chi connectivity index (χ2v) is 8.48. The van der Waals surface area contributed by atoms with Crippen molar-refractivity contribution in [2.45, 2.75) is 29.7 Å². The Bertz CT molecular complexity index is 1360. The number of benzene rings is 2. The fourth-order valence-electron chi connectivity index (χ4n) is 3.80. The van der Waals surface area contributed by atoms with Gasteiger partial charge in [0.2, 0.25) is 5.16 Å². The number of carbonyl (C=O) groups is 1. The van der Waals surface area contributed by atoms with E-state index in [1.165, 1.54) is 40.5 Å². The Balaban J connectivity index is 1.38. The molecule has 0 N–H and O–H groups in total. The molecule has 32 heavy (non-hydrogen) atoms. The largest absolute Gasteiger partial charge is 0.294 e. The first-order valence-electron chi connectivity index (χ1n) is 9.87. The van der Waals surface area contributed by atoms with Crippen molar-refractivity contribution in [2.75, 3.05) is 0 Å². The van der Waals surface area contributed by atoms with E-state index in [0.717, 1.165) is 11.1 Å². The number of Topliss-reactive ketones (excluding diaryl/α,β-unsaturated/α-hetero) is 1. The highest BCUT2D eigenvalue weighted by Crippen LogP contribution is 2.32. The normalized spacial score (nSPS) is 15.7. The lowest BCUT2D eigenvalue weighted by Crippen LogP contribution is -2.21. The predicted octanol–water partition coefficient (Wildman–Crippen LogP) is 4.38. The van der Waals surface area contributed by atoms with Gasteiger partial charge in [-0.3, -0.25) is 14.9 Å². The van der Waals surface area contributed by atoms with Crippen molar-refractivity contribution in [3.05, 3.63) is 93.0 Å². The van der Waals surface area contributed by atoms with Crippen LogP contribution in [-0.2, 0) is 12.2 Å². The number of halogens is 1. The zero-order chi connectivity index (χ0) is 22.2. The topological polar surface area (TPSA) is 103 Å². The molecular formula is C22H16FN5O3S. The highest BCUT2D eigenvalue weighted by molar-refractivity contribution is 7.98. The zero-order valence-electron chi connectivity index (χ0n) is 16.6. The van der Waals surface area contributed by atoms with Gasteiger partial charge in [-0.1, -0.05) is 36.0 Å². The van der Waals surface area contributed by atoms with Gasteiger partial charge in [-0.05, 0) is 35.6 Å². The van der Waals surface area contributed by atoms with E-state index in [-0.39, 0.29) is 23.2 Å². The van der Waals surface area contributed by atoms with Crippen LogP contribution in [0.5, 0.6) is 0 Å². The molecule has 2 heterocycles. The molecule has 1 atom stereocenters. The molecule has 2 aromatic carbocycles. The lowest BCUT2D eigenvalue weighted by atomic mass is 9.82. The first kappa shape index (κ1) is 20.3. The van der Waals surface area contributed by atoms with E-state index >= 15 is 0 Å². The van der Waals surface area contributed by atoms with Crippen LogP contribution in [0.4, 0.5) is 10.1 Å². The van der Waals surface area contributed by atoms with E-state index in [2.05, 4.69) is 15.1 Å². The summed E-state index contributed by atoms with van der Waals surface area (Å²) in [5.74, 6) is 0.448. The van der Waals surface area contributed by atoms with Gasteiger partial charge in [0, 0.05) is 30.5 Å². The summed E-state index contributed by atoms with van der Waals surface area (Å²) < 4.78 is 14.7. The minimum atomic E-state index is -0.429. The maximum absolute atomic E-state index is 13.2. The van der Waals surface area contributed by atoms with Crippen molar-refractivity contribution >= 4 is 29.0 Å². The number of hydrogen-bond donors (Lipinski definition) is 0. The number of nitro benzene ring substituents is 1. The molecule has 1 aliphatic rings. The van der Waals surface area contributed by atoms with Crippen LogP contribution >= 0.6 is 11.8 Å². The fraction of sp³-hybridized carbons (Fsp3) is 0.182. The smallest absolute Gasteiger partial charge is 0.269 e. The molecule has 1 unspecified atom stereocenters. The summed E-state index contributed by atoms with van der Waals surface area (Å²) in [4.78, 5) is 32.3. The maximum Gasteiger partial charge on any atom is 0.269 e. The molecule has 0 bridgehead atoms. The van der Waals surface area contributed by atoms with Crippen molar-refractivity contribution in [3.8, 4) is 0 Å². The number of thioether (sulfide) groups is 1. The lowest BCUT2D eigenvalue weighted by Gasteiger charge is -2.23. The Kier molecular flexibility index (Phi) is 5.14. The second-order valence-electron chi connectivity index (χ2n) is 7.54. The van der Waals surface area contributed by atoms with Crippen molar-refractivity contribution in [2.24, 2.45) is 0 Å². The van der Waals surface area contributed by atoms with Crippen molar-refractivity contribution in [1.82, 2.24) is 19.6 Å². The molecule has 0 aliphatic heterocycles. The number of carbonyl (C=O) groups excluding carboxylic acids is 1. The van der Waals surface area contributed by atoms with Gasteiger partial charge in [-0.25, -0.2) is 13.9 Å². The number of hydrogen-bond acceptors (Lipinski definition) is 7. The van der Waals surface area contributed by atoms with Crippen LogP contribution in [0.15, 0.2) is 59.9 Å². The van der Waals surface area contributed by atoms with E-state index in [9.17, 15) is 19.3 Å². The molecule has 1 aliphatic carbocycles. The minimum absolute atomic E-state index is 0.0312. The molecule has 0 fully saturated rings. The summed E-state index contributed by atoms with van der Waals surface area (Å²) in [6.45, 7) is 0. The number of nitro groups is 1. The SMILES string of the molecule is O=C1CC(c2ccc(F)cc2)Cc2nc3nc(SCc4cccc([N+](=O)[O-])c4)nn3cc21. The van der Waals surface area contributed by atoms with Crippen LogP contribution in [-0.4, -0.2) is 30.3 Å². The third kappa shape index (κ3) is 3.96. The summed E-state index contributed by atoms with van der Waals surface area (Å²) in [7, 11) is 0. The third-order valence-corrected chi connectivity index (χ3v) is 6.30. The van der Waals surface area contributed by atoms with E-state index in [4.69, 9.17) is 0 Å². The first-order chi connectivity index (χ1) is 15.5. The summed E-state index contributed by atoms with van der Waals surface area (Å²) in [6, 6.07) is 12.6. The number of aromatic nitrogens is 4. The van der Waals surface area contributed by atoms with Crippen LogP contribution < -0.4 is 0 Å². The van der Waals surface area contributed by atoms with E-state index in [0.29, 0.717) is 40.8 Å². The van der Waals surface area contributed by atoms with Crippen molar-refractivity contribution in [1.29, 1.82) is 0 Å². The molecule has 0 saturated heterocycles. The van der Waals surface area contributed by atoms with E-state index < -0.39 is 4.92 Å². The number of non-ortho nitro benzene ring substituents is 1. The Morgan fingerprint density at radius 1 is 1.16 bits per heavy atom. The molecule has 5 rings (SSSR count). The van der Waals surface area contributed by atoms with Crippen LogP contribution in [0.25, 0.3) is 5.78 Å². The maximum atomic E-state index is 13.2. The van der Waals surface area contributed by atoms with E-state index in [1.54, 1.807) is 30.5 Å². The number of nitrogens with zero attached hydrogens (tertiary/aromatic N) is 5. The molecule has 2 aromatic heterocycles. The van der Waals surface area contributed by atoms with Gasteiger partial charge < -0.3 is 0 Å². The van der Waals surface area contributed by atoms with Gasteiger partial charge in [0.25, 0.3) is 11.5 Å². The molecule has 0 spiro atoms. The van der Waals surface area contributed by atoms with Crippen molar-refractivity contribution in [3.63, 3.8) is 0 Å². The molecule has 0 radical (unpaired) electrons. The van der Waals surface area contributed by atoms with E-state index in [1.807, 2.05) is 0 Å². The number of fused-ring (bicyclic) bond motifs is 2. The van der Waals surface area contributed by atoms with Crippen LogP contribution in [0.1, 0.15) is 39.5 Å². The number of rotatable bonds is 5. The predicted molar refractivity (Wildman–Crippen MR) is 115 cm³/mol. The second kappa shape index (κ2) is 8.12. The Morgan fingerprint density at radius 2 is 1.97 bits per heavy atom. The molecule has 10 heteroatoms. The summed E-state index contributed by atoms with van der Waals surface area (Å²) in [5.41, 5.74) is 2.91. The Labute approximate surface area is 185 Å². The highest BCUT2D eigenvalue weighted by atomic mass is 32.2. The standard InChI is InChI=1S/C22H16FN5O3S/c23-16-6-4-14(5-7-16)15-9-19-18(20(29)10-15)11-27-21(24-19)25-22(26-27)32-12-13-2-1-3-17(8-13)28(30)31/h1-8,11,15H,9-10,12H2. The molecule has 8 nitrogen and oxygen atoms in total. The first-order valence-corrected chi connectivity index (χ1v) is 10.9. The highest BCUT2D eigenvalue weighted by Gasteiger charge is 2.28. The minimum Gasteiger partial charge on any atom is -0.294 e. The quantitative estimate of drug-likeness (QED) is 0.253. The third-order valence-electron chi connectivity index (χ3n) is 5.39. The molecular weight excluding hydrogens is 433 g/mol. The van der Waals surface area contributed by atoms with Gasteiger partial charge in [0.1, 0.15) is 5.82 Å². The zero-order valence-corrected chi connectivity index (χ0v) is 17.5. The van der Waals surface area contributed by atoms with Crippen LogP contribution in [0.2, 0.25) is 0 Å². The van der Waals surface area contributed by atoms with Gasteiger partial charge >= 0.3 is 0 Å². The molecule has 0 saturated carbocycles. The molecule has 0 amide bonds. The fourth-order valence-corrected chi connectivity index (χ4v) is 4.57. The van der Waals surface area contributed by atoms with Gasteiger partial charge in [0.05, 0.1) is 16.2 Å². The summed E-state index contributed by atoms with van der Waals surface area (Å²) in [5, 5.41) is 15.8. The summed E-state index contributed by atoms with van der Waals surface area (Å²) in [6.07, 6.45) is 2.55. The monoisotopic (exact) mass is 449 g/mol. The van der Waals surface area contributed by atoms with Crippen LogP contribution in [0, 0.1) is 15.9 Å². The lowest BCUT2D eigenvalue weighted by molar-refractivity contribution is -0.384. The number of ketones is 1. The van der Waals surface area contributed by atoms with Crippen LogP contribution in [0.3, 0.4) is 0 Å². The average molecular weight is 449 g/mol. The van der Waals surface area contributed by atoms with Crippen molar-refractivity contribution < 1.29 is 14.1 Å². The molecule has 4 aromatic rings. The van der Waals surface area contributed by atoms with Gasteiger partial charge in [-0.15, -0.1) is 5.10 Å². The van der Waals surface area contributed by atoms with Gasteiger partial charge in [-0.2, -0.15) is 4.98 Å². The summed E-state index contributed by atoms with van der Waals surface area (Å²) >= 11 is 1.34. The molecule has 160 valence electrons. The average Bonchev–Trinajstić information content (AvgIpc) is 3.19. The van der Waals surface area contributed by atoms with Gasteiger partial charge in [0.15, 0.2) is 5.78 Å².